The third-order valence-corrected chi connectivity index (χ3v) is 3.97. The molecule has 1 aliphatic heterocycles. The standard InChI is InChI=1S/C11H15N5O3S/c1-20-10-8-9(14-11(12)15-10)16(4-13-8)7-2-5(18)6(3-17)19-7/h4-7,17-18H,2-3H2,1H3,(H2,12,14,15). The molecule has 0 radical (unpaired) electrons. The Kier molecular flexibility index (Phi) is 3.50. The van der Waals surface area contributed by atoms with E-state index in [4.69, 9.17) is 15.6 Å². The lowest BCUT2D eigenvalue weighted by Gasteiger charge is -2.13. The van der Waals surface area contributed by atoms with Gasteiger partial charge >= 0.3 is 0 Å². The van der Waals surface area contributed by atoms with Crippen LogP contribution in [0.25, 0.3) is 11.2 Å². The van der Waals surface area contributed by atoms with Gasteiger partial charge in [-0.1, -0.05) is 0 Å². The number of imidazole rings is 1. The number of nitrogens with zero attached hydrogens (tertiary/aromatic N) is 4. The Hall–Kier alpha value is -1.42. The summed E-state index contributed by atoms with van der Waals surface area (Å²) in [6.45, 7) is -0.225. The second-order valence-corrected chi connectivity index (χ2v) is 5.32. The zero-order valence-electron chi connectivity index (χ0n) is 10.8. The van der Waals surface area contributed by atoms with Gasteiger partial charge in [0, 0.05) is 6.42 Å². The summed E-state index contributed by atoms with van der Waals surface area (Å²) in [5.74, 6) is 0.167. The number of fused-ring (bicyclic) bond motifs is 1. The van der Waals surface area contributed by atoms with E-state index in [2.05, 4.69) is 15.0 Å². The van der Waals surface area contributed by atoms with E-state index in [1.807, 2.05) is 6.26 Å². The fraction of sp³-hybridized carbons (Fsp3) is 0.545. The molecule has 2 aromatic heterocycles. The highest BCUT2D eigenvalue weighted by molar-refractivity contribution is 7.98. The molecule has 0 spiro atoms. The first-order chi connectivity index (χ1) is 9.63. The number of nitrogen functional groups attached to an aromatic ring is 1. The van der Waals surface area contributed by atoms with Crippen molar-refractivity contribution in [2.24, 2.45) is 0 Å². The summed E-state index contributed by atoms with van der Waals surface area (Å²) in [5.41, 5.74) is 6.92. The van der Waals surface area contributed by atoms with E-state index in [9.17, 15) is 5.11 Å². The number of hydrogen-bond donors (Lipinski definition) is 3. The minimum absolute atomic E-state index is 0.167. The molecule has 3 atom stereocenters. The first-order valence-electron chi connectivity index (χ1n) is 6.12. The van der Waals surface area contributed by atoms with Gasteiger partial charge in [0.1, 0.15) is 22.9 Å². The molecule has 1 aliphatic rings. The Morgan fingerprint density at radius 1 is 1.55 bits per heavy atom. The molecule has 108 valence electrons. The molecule has 3 rings (SSSR count). The summed E-state index contributed by atoms with van der Waals surface area (Å²) < 4.78 is 7.32. The van der Waals surface area contributed by atoms with Gasteiger partial charge in [0.05, 0.1) is 19.0 Å². The number of aliphatic hydroxyl groups is 2. The molecule has 1 saturated heterocycles. The maximum Gasteiger partial charge on any atom is 0.223 e. The molecule has 1 fully saturated rings. The van der Waals surface area contributed by atoms with E-state index < -0.39 is 18.4 Å². The van der Waals surface area contributed by atoms with Crippen molar-refractivity contribution in [3.8, 4) is 0 Å². The number of nitrogens with two attached hydrogens (primary N) is 1. The molecule has 3 unspecified atom stereocenters. The average molecular weight is 297 g/mol. The van der Waals surface area contributed by atoms with E-state index in [0.717, 1.165) is 0 Å². The van der Waals surface area contributed by atoms with E-state index >= 15 is 0 Å². The van der Waals surface area contributed by atoms with Crippen molar-refractivity contribution in [1.82, 2.24) is 19.5 Å². The number of aromatic nitrogens is 4. The fourth-order valence-corrected chi connectivity index (χ4v) is 2.83. The van der Waals surface area contributed by atoms with Crippen molar-refractivity contribution in [3.05, 3.63) is 6.33 Å². The van der Waals surface area contributed by atoms with Crippen molar-refractivity contribution in [2.45, 2.75) is 29.9 Å². The van der Waals surface area contributed by atoms with Crippen LogP contribution < -0.4 is 5.73 Å². The summed E-state index contributed by atoms with van der Waals surface area (Å²) in [7, 11) is 0. The normalized spacial score (nSPS) is 26.4. The summed E-state index contributed by atoms with van der Waals surface area (Å²) in [5, 5.41) is 19.6. The quantitative estimate of drug-likeness (QED) is 0.525. The van der Waals surface area contributed by atoms with Crippen LogP contribution in [-0.2, 0) is 4.74 Å². The predicted octanol–water partition coefficient (Wildman–Crippen LogP) is -0.229. The van der Waals surface area contributed by atoms with E-state index in [1.165, 1.54) is 11.8 Å². The first-order valence-corrected chi connectivity index (χ1v) is 7.35. The SMILES string of the molecule is CSc1nc(N)nc2c1ncn2C1CC(O)C(CO)O1. The molecule has 20 heavy (non-hydrogen) atoms. The van der Waals surface area contributed by atoms with Gasteiger partial charge in [-0.15, -0.1) is 11.8 Å². The second kappa shape index (κ2) is 5.17. The largest absolute Gasteiger partial charge is 0.394 e. The Morgan fingerprint density at radius 2 is 2.35 bits per heavy atom. The van der Waals surface area contributed by atoms with Crippen LogP contribution in [0.2, 0.25) is 0 Å². The van der Waals surface area contributed by atoms with E-state index in [0.29, 0.717) is 22.6 Å². The smallest absolute Gasteiger partial charge is 0.223 e. The molecule has 8 nitrogen and oxygen atoms in total. The number of rotatable bonds is 3. The lowest BCUT2D eigenvalue weighted by Crippen LogP contribution is -2.24. The van der Waals surface area contributed by atoms with Crippen LogP contribution in [0.1, 0.15) is 12.6 Å². The zero-order chi connectivity index (χ0) is 14.3. The number of thioether (sulfide) groups is 1. The fourth-order valence-electron chi connectivity index (χ4n) is 2.31. The molecule has 0 amide bonds. The van der Waals surface area contributed by atoms with Crippen LogP contribution in [0.5, 0.6) is 0 Å². The van der Waals surface area contributed by atoms with Gasteiger partial charge < -0.3 is 20.7 Å². The van der Waals surface area contributed by atoms with Crippen LogP contribution in [0.15, 0.2) is 11.4 Å². The highest BCUT2D eigenvalue weighted by Crippen LogP contribution is 2.32. The molecule has 0 aliphatic carbocycles. The van der Waals surface area contributed by atoms with Crippen molar-refractivity contribution in [2.75, 3.05) is 18.6 Å². The van der Waals surface area contributed by atoms with Crippen molar-refractivity contribution in [3.63, 3.8) is 0 Å². The third-order valence-electron chi connectivity index (χ3n) is 3.29. The maximum atomic E-state index is 9.81. The topological polar surface area (TPSA) is 119 Å². The molecule has 9 heteroatoms. The van der Waals surface area contributed by atoms with Gasteiger partial charge in [-0.3, -0.25) is 4.57 Å². The lowest BCUT2D eigenvalue weighted by atomic mass is 10.2. The summed E-state index contributed by atoms with van der Waals surface area (Å²) >= 11 is 1.44. The minimum atomic E-state index is -0.707. The monoisotopic (exact) mass is 297 g/mol. The van der Waals surface area contributed by atoms with Crippen molar-refractivity contribution >= 4 is 28.9 Å². The Morgan fingerprint density at radius 3 is 3.00 bits per heavy atom. The Balaban J connectivity index is 2.03. The minimum Gasteiger partial charge on any atom is -0.394 e. The molecular weight excluding hydrogens is 282 g/mol. The molecular formula is C11H15N5O3S. The third kappa shape index (κ3) is 2.12. The average Bonchev–Trinajstić information content (AvgIpc) is 3.00. The van der Waals surface area contributed by atoms with Crippen LogP contribution in [0.4, 0.5) is 5.95 Å². The Bertz CT molecular complexity index is 634. The van der Waals surface area contributed by atoms with Crippen LogP contribution >= 0.6 is 11.8 Å². The Labute approximate surface area is 119 Å². The zero-order valence-corrected chi connectivity index (χ0v) is 11.6. The first kappa shape index (κ1) is 13.6. The summed E-state index contributed by atoms with van der Waals surface area (Å²) in [4.78, 5) is 12.6. The van der Waals surface area contributed by atoms with Gasteiger partial charge in [-0.2, -0.15) is 4.98 Å². The van der Waals surface area contributed by atoms with E-state index in [-0.39, 0.29) is 12.6 Å². The molecule has 0 bridgehead atoms. The highest BCUT2D eigenvalue weighted by Gasteiger charge is 2.35. The van der Waals surface area contributed by atoms with Gasteiger partial charge in [0.25, 0.3) is 0 Å². The number of ether oxygens (including phenoxy) is 1. The molecule has 0 saturated carbocycles. The predicted molar refractivity (Wildman–Crippen MR) is 73.1 cm³/mol. The van der Waals surface area contributed by atoms with Gasteiger partial charge in [-0.05, 0) is 6.26 Å². The van der Waals surface area contributed by atoms with E-state index in [1.54, 1.807) is 10.9 Å². The van der Waals surface area contributed by atoms with Crippen LogP contribution in [0, 0.1) is 0 Å². The number of aliphatic hydroxyl groups excluding tert-OH is 2. The van der Waals surface area contributed by atoms with Crippen LogP contribution in [0.3, 0.4) is 0 Å². The number of anilines is 1. The summed E-state index contributed by atoms with van der Waals surface area (Å²) in [6, 6.07) is 0. The van der Waals surface area contributed by atoms with Gasteiger partial charge in [-0.25, -0.2) is 9.97 Å². The second-order valence-electron chi connectivity index (χ2n) is 4.53. The van der Waals surface area contributed by atoms with Gasteiger partial charge in [0.15, 0.2) is 5.65 Å². The maximum absolute atomic E-state index is 9.81. The van der Waals surface area contributed by atoms with Crippen molar-refractivity contribution in [1.29, 1.82) is 0 Å². The molecule has 3 heterocycles. The molecule has 2 aromatic rings. The number of hydrogen-bond acceptors (Lipinski definition) is 8. The van der Waals surface area contributed by atoms with Crippen molar-refractivity contribution < 1.29 is 14.9 Å². The summed E-state index contributed by atoms with van der Waals surface area (Å²) in [6.07, 6.45) is 2.14. The lowest BCUT2D eigenvalue weighted by molar-refractivity contribution is -0.0432. The molecule has 0 aromatic carbocycles. The molecule has 4 N–H and O–H groups in total. The highest BCUT2D eigenvalue weighted by atomic mass is 32.2. The van der Waals surface area contributed by atoms with Gasteiger partial charge in [0.2, 0.25) is 5.95 Å². The van der Waals surface area contributed by atoms with Crippen LogP contribution in [-0.4, -0.2) is 54.8 Å².